The Balaban J connectivity index is 0.00000180. The van der Waals surface area contributed by atoms with E-state index in [1.807, 2.05) is 6.92 Å². The van der Waals surface area contributed by atoms with Crippen LogP contribution in [0.1, 0.15) is 15.9 Å². The van der Waals surface area contributed by atoms with Crippen molar-refractivity contribution in [2.24, 2.45) is 0 Å². The summed E-state index contributed by atoms with van der Waals surface area (Å²) in [6.45, 7) is 1.90. The van der Waals surface area contributed by atoms with Crippen molar-refractivity contribution in [2.45, 2.75) is 6.92 Å². The molecule has 0 saturated carbocycles. The largest absolute Gasteiger partial charge is 0.319 e. The van der Waals surface area contributed by atoms with Gasteiger partial charge in [0.05, 0.1) is 5.69 Å². The van der Waals surface area contributed by atoms with Gasteiger partial charge in [-0.25, -0.2) is 8.78 Å². The Bertz CT molecular complexity index is 584. The molecule has 1 N–H and O–H groups in total. The SMILES string of the molecule is Cc1ccc(C(=O)Nc2ccc(F)cc2F)cc1.[Ti]. The molecule has 0 unspecified atom stereocenters. The summed E-state index contributed by atoms with van der Waals surface area (Å²) in [6.07, 6.45) is 0. The van der Waals surface area contributed by atoms with Crippen LogP contribution >= 0.6 is 0 Å². The fraction of sp³-hybridized carbons (Fsp3) is 0.0714. The van der Waals surface area contributed by atoms with Crippen LogP contribution in [-0.4, -0.2) is 5.91 Å². The molecule has 0 spiro atoms. The van der Waals surface area contributed by atoms with E-state index in [2.05, 4.69) is 5.32 Å². The van der Waals surface area contributed by atoms with Crippen LogP contribution in [0.15, 0.2) is 42.5 Å². The molecule has 1 amide bonds. The number of anilines is 1. The molecule has 0 radical (unpaired) electrons. The summed E-state index contributed by atoms with van der Waals surface area (Å²) in [5.74, 6) is -1.91. The Labute approximate surface area is 124 Å². The number of amides is 1. The maximum atomic E-state index is 13.3. The summed E-state index contributed by atoms with van der Waals surface area (Å²) in [4.78, 5) is 11.8. The fourth-order valence-corrected chi connectivity index (χ4v) is 1.49. The molecule has 2 nitrogen and oxygen atoms in total. The third kappa shape index (κ3) is 3.98. The fourth-order valence-electron chi connectivity index (χ4n) is 1.49. The normalized spacial score (nSPS) is 9.63. The van der Waals surface area contributed by atoms with E-state index in [0.29, 0.717) is 5.56 Å². The maximum Gasteiger partial charge on any atom is 0.255 e. The molecule has 0 saturated heterocycles. The van der Waals surface area contributed by atoms with Crippen LogP contribution in [0.5, 0.6) is 0 Å². The van der Waals surface area contributed by atoms with E-state index in [0.717, 1.165) is 17.7 Å². The van der Waals surface area contributed by atoms with Gasteiger partial charge in [0.1, 0.15) is 11.6 Å². The number of hydrogen-bond acceptors (Lipinski definition) is 1. The number of carbonyl (C=O) groups excluding carboxylic acids is 1. The van der Waals surface area contributed by atoms with Crippen molar-refractivity contribution in [2.75, 3.05) is 5.32 Å². The molecule has 0 bridgehead atoms. The Morgan fingerprint density at radius 3 is 2.26 bits per heavy atom. The Morgan fingerprint density at radius 2 is 1.68 bits per heavy atom. The molecular formula is C14H11F2NOTi. The van der Waals surface area contributed by atoms with E-state index in [9.17, 15) is 13.6 Å². The topological polar surface area (TPSA) is 29.1 Å². The van der Waals surface area contributed by atoms with Crippen molar-refractivity contribution < 1.29 is 35.3 Å². The second-order valence-electron chi connectivity index (χ2n) is 3.94. The summed E-state index contributed by atoms with van der Waals surface area (Å²) < 4.78 is 26.0. The first-order valence-electron chi connectivity index (χ1n) is 5.39. The van der Waals surface area contributed by atoms with Crippen molar-refractivity contribution in [1.29, 1.82) is 0 Å². The van der Waals surface area contributed by atoms with Gasteiger partial charge >= 0.3 is 0 Å². The minimum Gasteiger partial charge on any atom is -0.319 e. The van der Waals surface area contributed by atoms with Crippen molar-refractivity contribution in [1.82, 2.24) is 0 Å². The predicted molar refractivity (Wildman–Crippen MR) is 65.5 cm³/mol. The van der Waals surface area contributed by atoms with Gasteiger partial charge in [0.2, 0.25) is 0 Å². The first-order valence-corrected chi connectivity index (χ1v) is 5.39. The Morgan fingerprint density at radius 1 is 1.05 bits per heavy atom. The van der Waals surface area contributed by atoms with Gasteiger partial charge in [0.25, 0.3) is 5.91 Å². The molecule has 0 fully saturated rings. The third-order valence-corrected chi connectivity index (χ3v) is 2.49. The summed E-state index contributed by atoms with van der Waals surface area (Å²) in [7, 11) is 0. The minimum atomic E-state index is -0.796. The van der Waals surface area contributed by atoms with E-state index >= 15 is 0 Å². The Hall–Kier alpha value is -1.52. The zero-order valence-corrected chi connectivity index (χ0v) is 11.8. The number of halogens is 2. The van der Waals surface area contributed by atoms with Gasteiger partial charge in [-0.05, 0) is 31.2 Å². The first-order chi connectivity index (χ1) is 8.56. The van der Waals surface area contributed by atoms with Crippen LogP contribution in [0.25, 0.3) is 0 Å². The van der Waals surface area contributed by atoms with Crippen LogP contribution in [0.2, 0.25) is 0 Å². The van der Waals surface area contributed by atoms with Crippen LogP contribution in [0.4, 0.5) is 14.5 Å². The van der Waals surface area contributed by atoms with E-state index < -0.39 is 17.5 Å². The van der Waals surface area contributed by atoms with E-state index in [1.54, 1.807) is 24.3 Å². The Kier molecular flexibility index (Phi) is 5.39. The van der Waals surface area contributed by atoms with Gasteiger partial charge in [0.15, 0.2) is 0 Å². The van der Waals surface area contributed by atoms with Gasteiger partial charge in [-0.1, -0.05) is 17.7 Å². The molecule has 96 valence electrons. The van der Waals surface area contributed by atoms with Crippen molar-refractivity contribution in [3.8, 4) is 0 Å². The predicted octanol–water partition coefficient (Wildman–Crippen LogP) is 3.52. The molecule has 0 aliphatic heterocycles. The molecule has 0 atom stereocenters. The molecule has 0 aliphatic rings. The zero-order chi connectivity index (χ0) is 13.1. The van der Waals surface area contributed by atoms with Gasteiger partial charge in [0, 0.05) is 33.3 Å². The van der Waals surface area contributed by atoms with Gasteiger partial charge < -0.3 is 5.32 Å². The molecule has 2 aromatic rings. The summed E-state index contributed by atoms with van der Waals surface area (Å²) in [5.41, 5.74) is 1.41. The molecule has 2 aromatic carbocycles. The van der Waals surface area contributed by atoms with Crippen molar-refractivity contribution in [3.05, 3.63) is 65.2 Å². The van der Waals surface area contributed by atoms with Crippen molar-refractivity contribution >= 4 is 11.6 Å². The second-order valence-corrected chi connectivity index (χ2v) is 3.94. The average molecular weight is 295 g/mol. The molecule has 0 heterocycles. The second kappa shape index (κ2) is 6.59. The molecule has 19 heavy (non-hydrogen) atoms. The first kappa shape index (κ1) is 15.5. The third-order valence-electron chi connectivity index (χ3n) is 2.49. The molecular weight excluding hydrogens is 284 g/mol. The smallest absolute Gasteiger partial charge is 0.255 e. The van der Waals surface area contributed by atoms with Gasteiger partial charge in [-0.2, -0.15) is 0 Å². The van der Waals surface area contributed by atoms with E-state index in [-0.39, 0.29) is 27.4 Å². The van der Waals surface area contributed by atoms with Crippen molar-refractivity contribution in [3.63, 3.8) is 0 Å². The average Bonchev–Trinajstić information content (AvgIpc) is 2.33. The number of aryl methyl sites for hydroxylation is 1. The number of carbonyl (C=O) groups is 1. The van der Waals surface area contributed by atoms with E-state index in [4.69, 9.17) is 0 Å². The van der Waals surface area contributed by atoms with Gasteiger partial charge in [-0.15, -0.1) is 0 Å². The number of benzene rings is 2. The van der Waals surface area contributed by atoms with Crippen LogP contribution in [0.3, 0.4) is 0 Å². The number of hydrogen-bond donors (Lipinski definition) is 1. The summed E-state index contributed by atoms with van der Waals surface area (Å²) in [6, 6.07) is 9.87. The molecule has 5 heteroatoms. The van der Waals surface area contributed by atoms with E-state index in [1.165, 1.54) is 6.07 Å². The van der Waals surface area contributed by atoms with Crippen LogP contribution in [0, 0.1) is 18.6 Å². The number of rotatable bonds is 2. The molecule has 2 rings (SSSR count). The molecule has 0 aliphatic carbocycles. The monoisotopic (exact) mass is 295 g/mol. The minimum absolute atomic E-state index is 0. The van der Waals surface area contributed by atoms with Crippen LogP contribution in [-0.2, 0) is 21.7 Å². The standard InChI is InChI=1S/C14H11F2NO.Ti/c1-9-2-4-10(5-3-9)14(18)17-13-7-6-11(15)8-12(13)16;/h2-8H,1H3,(H,17,18);. The quantitative estimate of drug-likeness (QED) is 0.844. The summed E-state index contributed by atoms with van der Waals surface area (Å²) >= 11 is 0. The molecule has 0 aromatic heterocycles. The van der Waals surface area contributed by atoms with Gasteiger partial charge in [-0.3, -0.25) is 4.79 Å². The zero-order valence-electron chi connectivity index (χ0n) is 10.2. The summed E-state index contributed by atoms with van der Waals surface area (Å²) in [5, 5.41) is 2.39. The number of nitrogens with one attached hydrogen (secondary N) is 1. The van der Waals surface area contributed by atoms with Crippen LogP contribution < -0.4 is 5.32 Å². The maximum absolute atomic E-state index is 13.3.